The number of rotatable bonds is 3. The van der Waals surface area contributed by atoms with Gasteiger partial charge in [0.1, 0.15) is 5.82 Å². The number of benzene rings is 2. The van der Waals surface area contributed by atoms with E-state index in [0.29, 0.717) is 5.88 Å². The molecule has 0 unspecified atom stereocenters. The smallest absolute Gasteiger partial charge is 0.125 e. The molecule has 0 atom stereocenters. The average molecular weight is 462 g/mol. The summed E-state index contributed by atoms with van der Waals surface area (Å²) in [4.78, 5) is 4.63. The van der Waals surface area contributed by atoms with Crippen molar-refractivity contribution in [3.63, 3.8) is 0 Å². The average Bonchev–Trinajstić information content (AvgIpc) is 2.76. The van der Waals surface area contributed by atoms with E-state index in [2.05, 4.69) is 78.4 Å². The van der Waals surface area contributed by atoms with Gasteiger partial charge in [-0.05, 0) is 58.5 Å². The fraction of sp³-hybridized carbons (Fsp3) is 0.133. The molecule has 2 aromatic carbocycles. The number of hydrogen-bond acceptors (Lipinski definition) is 1. The van der Waals surface area contributed by atoms with E-state index in [-0.39, 0.29) is 0 Å². The number of imidazole rings is 1. The molecule has 0 aliphatic rings. The molecule has 0 N–H and O–H groups in total. The van der Waals surface area contributed by atoms with Gasteiger partial charge >= 0.3 is 0 Å². The van der Waals surface area contributed by atoms with Gasteiger partial charge in [-0.1, -0.05) is 28.1 Å². The van der Waals surface area contributed by atoms with Crippen molar-refractivity contribution in [1.29, 1.82) is 0 Å². The second-order valence-corrected chi connectivity index (χ2v) is 6.94. The van der Waals surface area contributed by atoms with Crippen LogP contribution >= 0.6 is 50.1 Å². The Bertz CT molecular complexity index is 770. The van der Waals surface area contributed by atoms with E-state index in [1.807, 2.05) is 12.1 Å². The largest absolute Gasteiger partial charge is 0.322 e. The molecular formula is C15H11BrClIN2. The van der Waals surface area contributed by atoms with Crippen molar-refractivity contribution >= 4 is 61.2 Å². The summed E-state index contributed by atoms with van der Waals surface area (Å²) < 4.78 is 4.45. The molecule has 3 aromatic rings. The monoisotopic (exact) mass is 460 g/mol. The summed E-state index contributed by atoms with van der Waals surface area (Å²) in [6.45, 7) is 0.776. The van der Waals surface area contributed by atoms with Crippen LogP contribution < -0.4 is 0 Å². The first-order chi connectivity index (χ1) is 9.67. The zero-order chi connectivity index (χ0) is 14.1. The highest BCUT2D eigenvalue weighted by Gasteiger charge is 2.10. The predicted octanol–water partition coefficient (Wildman–Crippen LogP) is 5.19. The van der Waals surface area contributed by atoms with E-state index in [4.69, 9.17) is 11.6 Å². The molecule has 0 spiro atoms. The van der Waals surface area contributed by atoms with Gasteiger partial charge in [-0.3, -0.25) is 0 Å². The Morgan fingerprint density at radius 3 is 2.80 bits per heavy atom. The Labute approximate surface area is 144 Å². The Morgan fingerprint density at radius 1 is 1.20 bits per heavy atom. The van der Waals surface area contributed by atoms with E-state index in [1.54, 1.807) is 0 Å². The number of alkyl halides is 1. The lowest BCUT2D eigenvalue weighted by Gasteiger charge is -2.08. The van der Waals surface area contributed by atoms with Gasteiger partial charge in [-0.2, -0.15) is 0 Å². The SMILES string of the molecule is ClCc1nc2cc(I)ccc2n1Cc1cccc(Br)c1. The summed E-state index contributed by atoms with van der Waals surface area (Å²) >= 11 is 11.9. The van der Waals surface area contributed by atoms with Crippen molar-refractivity contribution in [1.82, 2.24) is 9.55 Å². The number of nitrogens with zero attached hydrogens (tertiary/aromatic N) is 2. The topological polar surface area (TPSA) is 17.8 Å². The molecule has 0 aliphatic carbocycles. The maximum Gasteiger partial charge on any atom is 0.125 e. The second-order valence-electron chi connectivity index (χ2n) is 4.51. The fourth-order valence-corrected chi connectivity index (χ4v) is 3.37. The van der Waals surface area contributed by atoms with E-state index >= 15 is 0 Å². The van der Waals surface area contributed by atoms with Gasteiger partial charge in [0.25, 0.3) is 0 Å². The quantitative estimate of drug-likeness (QED) is 0.388. The highest BCUT2D eigenvalue weighted by Crippen LogP contribution is 2.22. The minimum Gasteiger partial charge on any atom is -0.322 e. The van der Waals surface area contributed by atoms with Crippen molar-refractivity contribution in [3.8, 4) is 0 Å². The standard InChI is InChI=1S/C15H11BrClIN2/c16-11-3-1-2-10(6-11)9-20-14-5-4-12(18)7-13(14)19-15(20)8-17/h1-7H,8-9H2. The Morgan fingerprint density at radius 2 is 2.05 bits per heavy atom. The molecule has 2 nitrogen and oxygen atoms in total. The lowest BCUT2D eigenvalue weighted by Crippen LogP contribution is -2.03. The normalized spacial score (nSPS) is 11.2. The first kappa shape index (κ1) is 14.4. The van der Waals surface area contributed by atoms with Gasteiger partial charge in [0.05, 0.1) is 16.9 Å². The lowest BCUT2D eigenvalue weighted by molar-refractivity contribution is 0.778. The lowest BCUT2D eigenvalue weighted by atomic mass is 10.2. The number of aromatic nitrogens is 2. The highest BCUT2D eigenvalue weighted by molar-refractivity contribution is 14.1. The first-order valence-electron chi connectivity index (χ1n) is 6.12. The van der Waals surface area contributed by atoms with Crippen molar-refractivity contribution in [2.45, 2.75) is 12.4 Å². The summed E-state index contributed by atoms with van der Waals surface area (Å²) in [6, 6.07) is 14.6. The van der Waals surface area contributed by atoms with E-state index in [9.17, 15) is 0 Å². The fourth-order valence-electron chi connectivity index (χ4n) is 2.25. The summed E-state index contributed by atoms with van der Waals surface area (Å²) in [5, 5.41) is 0. The van der Waals surface area contributed by atoms with Crippen LogP contribution in [-0.2, 0) is 12.4 Å². The summed E-state index contributed by atoms with van der Waals surface area (Å²) in [5.74, 6) is 1.32. The molecule has 0 aliphatic heterocycles. The molecule has 0 saturated carbocycles. The van der Waals surface area contributed by atoms with Crippen LogP contribution in [0, 0.1) is 3.57 Å². The number of fused-ring (bicyclic) bond motifs is 1. The second kappa shape index (κ2) is 6.03. The van der Waals surface area contributed by atoms with Crippen LogP contribution in [0.1, 0.15) is 11.4 Å². The van der Waals surface area contributed by atoms with Gasteiger partial charge in [0.15, 0.2) is 0 Å². The molecule has 0 radical (unpaired) electrons. The molecule has 102 valence electrons. The molecule has 0 saturated heterocycles. The van der Waals surface area contributed by atoms with Crippen LogP contribution in [0.2, 0.25) is 0 Å². The zero-order valence-electron chi connectivity index (χ0n) is 10.5. The molecular weight excluding hydrogens is 450 g/mol. The van der Waals surface area contributed by atoms with Crippen molar-refractivity contribution < 1.29 is 0 Å². The van der Waals surface area contributed by atoms with E-state index in [0.717, 1.165) is 27.9 Å². The number of hydrogen-bond donors (Lipinski definition) is 0. The first-order valence-corrected chi connectivity index (χ1v) is 8.53. The van der Waals surface area contributed by atoms with Crippen LogP contribution in [0.5, 0.6) is 0 Å². The molecule has 5 heteroatoms. The summed E-state index contributed by atoms with van der Waals surface area (Å²) in [5.41, 5.74) is 3.35. The summed E-state index contributed by atoms with van der Waals surface area (Å²) in [7, 11) is 0. The third-order valence-corrected chi connectivity index (χ3v) is 4.54. The van der Waals surface area contributed by atoms with Crippen molar-refractivity contribution in [2.24, 2.45) is 0 Å². The van der Waals surface area contributed by atoms with Crippen LogP contribution in [0.15, 0.2) is 46.9 Å². The minimum atomic E-state index is 0.416. The third kappa shape index (κ3) is 2.87. The molecule has 0 bridgehead atoms. The number of halogens is 3. The van der Waals surface area contributed by atoms with Crippen LogP contribution in [0.25, 0.3) is 11.0 Å². The Kier molecular flexibility index (Phi) is 4.33. The van der Waals surface area contributed by atoms with Crippen LogP contribution in [-0.4, -0.2) is 9.55 Å². The molecule has 3 rings (SSSR count). The maximum absolute atomic E-state index is 6.05. The molecule has 1 aromatic heterocycles. The van der Waals surface area contributed by atoms with Crippen LogP contribution in [0.4, 0.5) is 0 Å². The molecule has 20 heavy (non-hydrogen) atoms. The van der Waals surface area contributed by atoms with Gasteiger partial charge in [-0.25, -0.2) is 4.98 Å². The van der Waals surface area contributed by atoms with Crippen LogP contribution in [0.3, 0.4) is 0 Å². The molecule has 0 amide bonds. The van der Waals surface area contributed by atoms with Crippen molar-refractivity contribution in [3.05, 3.63) is 61.9 Å². The predicted molar refractivity (Wildman–Crippen MR) is 95.3 cm³/mol. The Balaban J connectivity index is 2.10. The van der Waals surface area contributed by atoms with Gasteiger partial charge in [0, 0.05) is 14.6 Å². The highest BCUT2D eigenvalue weighted by atomic mass is 127. The summed E-state index contributed by atoms with van der Waals surface area (Å²) in [6.07, 6.45) is 0. The maximum atomic E-state index is 6.05. The van der Waals surface area contributed by atoms with Gasteiger partial charge in [-0.15, -0.1) is 11.6 Å². The Hall–Kier alpha value is -0.590. The van der Waals surface area contributed by atoms with Gasteiger partial charge < -0.3 is 4.57 Å². The minimum absolute atomic E-state index is 0.416. The van der Waals surface area contributed by atoms with Crippen molar-refractivity contribution in [2.75, 3.05) is 0 Å². The third-order valence-electron chi connectivity index (χ3n) is 3.14. The van der Waals surface area contributed by atoms with Gasteiger partial charge in [0.2, 0.25) is 0 Å². The zero-order valence-corrected chi connectivity index (χ0v) is 15.0. The molecule has 1 heterocycles. The van der Waals surface area contributed by atoms with E-state index in [1.165, 1.54) is 9.13 Å². The van der Waals surface area contributed by atoms with E-state index < -0.39 is 0 Å². The molecule has 0 fully saturated rings.